The number of carbonyl (C=O) groups excluding carboxylic acids is 2. The van der Waals surface area contributed by atoms with Gasteiger partial charge in [0.05, 0.1) is 6.04 Å². The molecule has 1 unspecified atom stereocenters. The first-order valence-corrected chi connectivity index (χ1v) is 5.65. The zero-order chi connectivity index (χ0) is 14.0. The molecular formula is C10H16F3N3O2. The molecule has 8 heteroatoms. The number of imide groups is 1. The van der Waals surface area contributed by atoms with Gasteiger partial charge in [-0.25, -0.2) is 4.79 Å². The van der Waals surface area contributed by atoms with E-state index in [1.807, 2.05) is 5.32 Å². The maximum absolute atomic E-state index is 12.6. The van der Waals surface area contributed by atoms with Crippen LogP contribution in [0.1, 0.15) is 26.7 Å². The lowest BCUT2D eigenvalue weighted by Crippen LogP contribution is -2.55. The average molecular weight is 267 g/mol. The third kappa shape index (κ3) is 3.34. The molecule has 104 valence electrons. The van der Waals surface area contributed by atoms with Crippen molar-refractivity contribution in [2.45, 2.75) is 44.4 Å². The van der Waals surface area contributed by atoms with Crippen LogP contribution < -0.4 is 16.0 Å². The Bertz CT molecular complexity index is 340. The second kappa shape index (κ2) is 5.13. The van der Waals surface area contributed by atoms with Crippen LogP contribution in [0.2, 0.25) is 0 Å². The maximum Gasteiger partial charge on any atom is 0.406 e. The molecule has 0 heterocycles. The Morgan fingerprint density at radius 3 is 2.28 bits per heavy atom. The van der Waals surface area contributed by atoms with Gasteiger partial charge in [0.1, 0.15) is 5.54 Å². The lowest BCUT2D eigenvalue weighted by atomic mass is 10.2. The van der Waals surface area contributed by atoms with Gasteiger partial charge >= 0.3 is 12.2 Å². The highest BCUT2D eigenvalue weighted by atomic mass is 19.4. The number of alkyl halides is 3. The Morgan fingerprint density at radius 1 is 1.33 bits per heavy atom. The molecule has 0 aliphatic heterocycles. The number of carbonyl (C=O) groups is 2. The van der Waals surface area contributed by atoms with Gasteiger partial charge in [0.15, 0.2) is 0 Å². The Labute approximate surface area is 102 Å². The number of urea groups is 1. The number of hydrogen-bond donors (Lipinski definition) is 3. The number of hydrogen-bond acceptors (Lipinski definition) is 3. The standard InChI is InChI=1S/C10H16F3N3O2/c1-3-14-8(18)15-7(17)6(2)16-9(4-5-9)10(11,12)13/h6,16H,3-5H2,1-2H3,(H2,14,15,17,18). The van der Waals surface area contributed by atoms with Crippen molar-refractivity contribution >= 4 is 11.9 Å². The minimum Gasteiger partial charge on any atom is -0.338 e. The predicted octanol–water partition coefficient (Wildman–Crippen LogP) is 0.905. The largest absolute Gasteiger partial charge is 0.406 e. The molecule has 0 aromatic carbocycles. The first-order valence-electron chi connectivity index (χ1n) is 5.65. The third-order valence-electron chi connectivity index (χ3n) is 2.75. The van der Waals surface area contributed by atoms with Gasteiger partial charge < -0.3 is 5.32 Å². The highest BCUT2D eigenvalue weighted by Crippen LogP contribution is 2.49. The van der Waals surface area contributed by atoms with E-state index < -0.39 is 29.7 Å². The van der Waals surface area contributed by atoms with E-state index in [-0.39, 0.29) is 12.8 Å². The molecule has 3 N–H and O–H groups in total. The van der Waals surface area contributed by atoms with E-state index in [0.717, 1.165) is 0 Å². The molecule has 0 aromatic rings. The molecule has 0 aromatic heterocycles. The van der Waals surface area contributed by atoms with Crippen LogP contribution in [0.25, 0.3) is 0 Å². The Morgan fingerprint density at radius 2 is 1.89 bits per heavy atom. The summed E-state index contributed by atoms with van der Waals surface area (Å²) >= 11 is 0. The molecule has 3 amide bonds. The van der Waals surface area contributed by atoms with Gasteiger partial charge in [-0.3, -0.25) is 15.4 Å². The molecule has 1 fully saturated rings. The fourth-order valence-corrected chi connectivity index (χ4v) is 1.54. The van der Waals surface area contributed by atoms with E-state index in [0.29, 0.717) is 6.54 Å². The predicted molar refractivity (Wildman–Crippen MR) is 57.8 cm³/mol. The fraction of sp³-hybridized carbons (Fsp3) is 0.800. The monoisotopic (exact) mass is 267 g/mol. The molecule has 1 aliphatic rings. The third-order valence-corrected chi connectivity index (χ3v) is 2.75. The van der Waals surface area contributed by atoms with E-state index in [4.69, 9.17) is 0 Å². The van der Waals surface area contributed by atoms with Crippen LogP contribution in [0, 0.1) is 0 Å². The molecule has 0 spiro atoms. The minimum atomic E-state index is -4.38. The zero-order valence-electron chi connectivity index (χ0n) is 10.1. The highest BCUT2D eigenvalue weighted by Gasteiger charge is 2.63. The first kappa shape index (κ1) is 14.7. The fourth-order valence-electron chi connectivity index (χ4n) is 1.54. The van der Waals surface area contributed by atoms with Crippen molar-refractivity contribution in [1.82, 2.24) is 16.0 Å². The Hall–Kier alpha value is -1.31. The highest BCUT2D eigenvalue weighted by molar-refractivity contribution is 5.96. The van der Waals surface area contributed by atoms with Crippen molar-refractivity contribution < 1.29 is 22.8 Å². The summed E-state index contributed by atoms with van der Waals surface area (Å²) < 4.78 is 37.9. The molecule has 0 saturated heterocycles. The van der Waals surface area contributed by atoms with Crippen molar-refractivity contribution in [1.29, 1.82) is 0 Å². The smallest absolute Gasteiger partial charge is 0.338 e. The molecule has 18 heavy (non-hydrogen) atoms. The molecule has 1 aliphatic carbocycles. The number of rotatable bonds is 4. The zero-order valence-corrected chi connectivity index (χ0v) is 10.1. The molecule has 1 atom stereocenters. The van der Waals surface area contributed by atoms with Crippen molar-refractivity contribution in [2.75, 3.05) is 6.54 Å². The summed E-state index contributed by atoms with van der Waals surface area (Å²) in [6.45, 7) is 3.28. The van der Waals surface area contributed by atoms with Crippen molar-refractivity contribution in [2.24, 2.45) is 0 Å². The van der Waals surface area contributed by atoms with Crippen LogP contribution in [0.15, 0.2) is 0 Å². The van der Waals surface area contributed by atoms with Crippen molar-refractivity contribution in [3.63, 3.8) is 0 Å². The molecule has 0 bridgehead atoms. The molecule has 1 rings (SSSR count). The van der Waals surface area contributed by atoms with Gasteiger partial charge in [-0.15, -0.1) is 0 Å². The normalized spacial score (nSPS) is 18.9. The van der Waals surface area contributed by atoms with E-state index in [2.05, 4.69) is 10.6 Å². The summed E-state index contributed by atoms with van der Waals surface area (Å²) in [6, 6.07) is -1.80. The quantitative estimate of drug-likeness (QED) is 0.709. The summed E-state index contributed by atoms with van der Waals surface area (Å²) in [4.78, 5) is 22.5. The minimum absolute atomic E-state index is 0.0464. The van der Waals surface area contributed by atoms with Crippen LogP contribution in [-0.2, 0) is 4.79 Å². The second-order valence-corrected chi connectivity index (χ2v) is 4.29. The first-order chi connectivity index (χ1) is 8.22. The van der Waals surface area contributed by atoms with Crippen molar-refractivity contribution in [3.05, 3.63) is 0 Å². The van der Waals surface area contributed by atoms with Gasteiger partial charge in [0, 0.05) is 6.54 Å². The maximum atomic E-state index is 12.6. The number of halogens is 3. The van der Waals surface area contributed by atoms with Crippen LogP contribution in [0.3, 0.4) is 0 Å². The summed E-state index contributed by atoms with van der Waals surface area (Å²) in [6.07, 6.45) is -4.47. The lowest BCUT2D eigenvalue weighted by Gasteiger charge is -2.24. The number of nitrogens with one attached hydrogen (secondary N) is 3. The van der Waals surface area contributed by atoms with E-state index >= 15 is 0 Å². The SMILES string of the molecule is CCNC(=O)NC(=O)C(C)NC1(C(F)(F)F)CC1. The van der Waals surface area contributed by atoms with Gasteiger partial charge in [0.2, 0.25) is 5.91 Å². The van der Waals surface area contributed by atoms with Crippen molar-refractivity contribution in [3.8, 4) is 0 Å². The van der Waals surface area contributed by atoms with E-state index in [1.54, 1.807) is 6.92 Å². The molecular weight excluding hydrogens is 251 g/mol. The summed E-state index contributed by atoms with van der Waals surface area (Å²) in [5.74, 6) is -0.781. The van der Waals surface area contributed by atoms with Gasteiger partial charge in [0.25, 0.3) is 0 Å². The lowest BCUT2D eigenvalue weighted by molar-refractivity contribution is -0.168. The van der Waals surface area contributed by atoms with E-state index in [1.165, 1.54) is 6.92 Å². The van der Waals surface area contributed by atoms with Crippen LogP contribution in [-0.4, -0.2) is 36.2 Å². The summed E-state index contributed by atoms with van der Waals surface area (Å²) in [5.41, 5.74) is -1.97. The topological polar surface area (TPSA) is 70.2 Å². The van der Waals surface area contributed by atoms with Gasteiger partial charge in [-0.05, 0) is 26.7 Å². The molecule has 5 nitrogen and oxygen atoms in total. The molecule has 1 saturated carbocycles. The Balaban J connectivity index is 2.49. The molecule has 0 radical (unpaired) electrons. The van der Waals surface area contributed by atoms with Gasteiger partial charge in [-0.1, -0.05) is 0 Å². The van der Waals surface area contributed by atoms with Gasteiger partial charge in [-0.2, -0.15) is 13.2 Å². The van der Waals surface area contributed by atoms with Crippen LogP contribution in [0.5, 0.6) is 0 Å². The average Bonchev–Trinajstić information content (AvgIpc) is 2.97. The van der Waals surface area contributed by atoms with E-state index in [9.17, 15) is 22.8 Å². The summed E-state index contributed by atoms with van der Waals surface area (Å²) in [5, 5.41) is 6.52. The Kier molecular flexibility index (Phi) is 4.20. The van der Waals surface area contributed by atoms with Crippen LogP contribution >= 0.6 is 0 Å². The summed E-state index contributed by atoms with van der Waals surface area (Å²) in [7, 11) is 0. The van der Waals surface area contributed by atoms with Crippen LogP contribution in [0.4, 0.5) is 18.0 Å². The second-order valence-electron chi connectivity index (χ2n) is 4.29. The number of amides is 3.